The number of nitrogens with two attached hydrogens (primary N) is 1. The molecule has 1 aromatic rings. The third-order valence-corrected chi connectivity index (χ3v) is 3.80. The third-order valence-electron chi connectivity index (χ3n) is 3.80. The van der Waals surface area contributed by atoms with E-state index in [4.69, 9.17) is 10.5 Å². The Hall–Kier alpha value is -1.00. The maximum Gasteiger partial charge on any atom is 0.160 e. The molecule has 0 aromatic carbocycles. The quantitative estimate of drug-likeness (QED) is 0.870. The van der Waals surface area contributed by atoms with Gasteiger partial charge in [0.25, 0.3) is 0 Å². The minimum absolute atomic E-state index is 0.294. The molecular weight excluding hydrogens is 214 g/mol. The summed E-state index contributed by atoms with van der Waals surface area (Å²) in [5, 5.41) is 0. The molecule has 2 N–H and O–H groups in total. The van der Waals surface area contributed by atoms with Gasteiger partial charge in [0.1, 0.15) is 5.60 Å². The fourth-order valence-electron chi connectivity index (χ4n) is 2.48. The Kier molecular flexibility index (Phi) is 3.74. The van der Waals surface area contributed by atoms with Crippen LogP contribution < -0.4 is 5.73 Å². The first-order valence-electron chi connectivity index (χ1n) is 6.28. The molecule has 2 rings (SSSR count). The summed E-state index contributed by atoms with van der Waals surface area (Å²) >= 11 is 0. The highest BCUT2D eigenvalue weighted by atomic mass is 16.5. The number of ether oxygens (including phenoxy) is 1. The maximum absolute atomic E-state index is 5.75. The van der Waals surface area contributed by atoms with E-state index in [0.717, 1.165) is 30.3 Å². The molecular formula is C13H21N3O. The largest absolute Gasteiger partial charge is 0.370 e. The molecule has 1 saturated carbocycles. The van der Waals surface area contributed by atoms with Crippen molar-refractivity contribution in [2.45, 2.75) is 44.8 Å². The van der Waals surface area contributed by atoms with Gasteiger partial charge in [-0.15, -0.1) is 0 Å². The van der Waals surface area contributed by atoms with Crippen LogP contribution in [0.4, 0.5) is 0 Å². The van der Waals surface area contributed by atoms with Gasteiger partial charge in [-0.25, -0.2) is 9.97 Å². The molecule has 1 aromatic heterocycles. The van der Waals surface area contributed by atoms with Crippen molar-refractivity contribution in [3.05, 3.63) is 23.8 Å². The predicted molar refractivity (Wildman–Crippen MR) is 66.2 cm³/mol. The zero-order valence-corrected chi connectivity index (χ0v) is 10.6. The van der Waals surface area contributed by atoms with Crippen LogP contribution in [0.2, 0.25) is 0 Å². The average molecular weight is 235 g/mol. The van der Waals surface area contributed by atoms with Crippen LogP contribution in [0.1, 0.15) is 44.1 Å². The Labute approximate surface area is 103 Å². The Balaban J connectivity index is 2.27. The SMILES string of the molecule is COC1(c2nccc(CN)n2)CCC(C)CC1. The molecule has 0 atom stereocenters. The lowest BCUT2D eigenvalue weighted by molar-refractivity contribution is -0.0598. The first kappa shape index (κ1) is 12.5. The first-order chi connectivity index (χ1) is 8.20. The fraction of sp³-hybridized carbons (Fsp3) is 0.692. The van der Waals surface area contributed by atoms with E-state index in [9.17, 15) is 0 Å². The van der Waals surface area contributed by atoms with E-state index in [-0.39, 0.29) is 5.60 Å². The molecule has 0 unspecified atom stereocenters. The standard InChI is InChI=1S/C13H21N3O/c1-10-3-6-13(17-2,7-4-10)12-15-8-5-11(9-14)16-12/h5,8,10H,3-4,6-7,9,14H2,1-2H3. The summed E-state index contributed by atoms with van der Waals surface area (Å²) in [6, 6.07) is 1.86. The van der Waals surface area contributed by atoms with Crippen molar-refractivity contribution in [3.63, 3.8) is 0 Å². The van der Waals surface area contributed by atoms with Crippen LogP contribution in [0.15, 0.2) is 12.3 Å². The molecule has 1 aliphatic carbocycles. The van der Waals surface area contributed by atoms with Crippen molar-refractivity contribution in [3.8, 4) is 0 Å². The zero-order valence-electron chi connectivity index (χ0n) is 10.6. The van der Waals surface area contributed by atoms with Gasteiger partial charge >= 0.3 is 0 Å². The Morgan fingerprint density at radius 2 is 2.18 bits per heavy atom. The minimum atomic E-state index is -0.294. The average Bonchev–Trinajstić information content (AvgIpc) is 2.40. The first-order valence-corrected chi connectivity index (χ1v) is 6.28. The second kappa shape index (κ2) is 5.10. The highest BCUT2D eigenvalue weighted by molar-refractivity contribution is 5.09. The predicted octanol–water partition coefficient (Wildman–Crippen LogP) is 1.99. The highest BCUT2D eigenvalue weighted by Gasteiger charge is 2.38. The van der Waals surface area contributed by atoms with Crippen molar-refractivity contribution < 1.29 is 4.74 Å². The topological polar surface area (TPSA) is 61.0 Å². The number of nitrogens with zero attached hydrogens (tertiary/aromatic N) is 2. The van der Waals surface area contributed by atoms with Crippen molar-refractivity contribution in [2.24, 2.45) is 11.7 Å². The zero-order chi connectivity index (χ0) is 12.3. The number of rotatable bonds is 3. The van der Waals surface area contributed by atoms with Gasteiger partial charge in [-0.2, -0.15) is 0 Å². The van der Waals surface area contributed by atoms with Crippen molar-refractivity contribution in [1.29, 1.82) is 0 Å². The lowest BCUT2D eigenvalue weighted by Gasteiger charge is -2.36. The fourth-order valence-corrected chi connectivity index (χ4v) is 2.48. The van der Waals surface area contributed by atoms with E-state index >= 15 is 0 Å². The summed E-state index contributed by atoms with van der Waals surface area (Å²) in [4.78, 5) is 8.91. The van der Waals surface area contributed by atoms with E-state index in [1.165, 1.54) is 12.8 Å². The second-order valence-corrected chi connectivity index (χ2v) is 4.96. The normalized spacial score (nSPS) is 29.2. The molecule has 17 heavy (non-hydrogen) atoms. The van der Waals surface area contributed by atoms with E-state index in [0.29, 0.717) is 6.54 Å². The van der Waals surface area contributed by atoms with Crippen LogP contribution in [-0.2, 0) is 16.9 Å². The van der Waals surface area contributed by atoms with Crippen LogP contribution in [-0.4, -0.2) is 17.1 Å². The number of hydrogen-bond donors (Lipinski definition) is 1. The van der Waals surface area contributed by atoms with Crippen LogP contribution in [0, 0.1) is 5.92 Å². The van der Waals surface area contributed by atoms with Gasteiger partial charge in [-0.05, 0) is 37.7 Å². The van der Waals surface area contributed by atoms with Gasteiger partial charge in [-0.1, -0.05) is 6.92 Å². The van der Waals surface area contributed by atoms with E-state index in [1.54, 1.807) is 13.3 Å². The molecule has 4 nitrogen and oxygen atoms in total. The van der Waals surface area contributed by atoms with Crippen LogP contribution >= 0.6 is 0 Å². The maximum atomic E-state index is 5.75. The van der Waals surface area contributed by atoms with Crippen molar-refractivity contribution in [1.82, 2.24) is 9.97 Å². The molecule has 1 fully saturated rings. The highest BCUT2D eigenvalue weighted by Crippen LogP contribution is 2.40. The van der Waals surface area contributed by atoms with Gasteiger partial charge in [0.2, 0.25) is 0 Å². The monoisotopic (exact) mass is 235 g/mol. The van der Waals surface area contributed by atoms with E-state index in [1.807, 2.05) is 6.07 Å². The van der Waals surface area contributed by atoms with Gasteiger partial charge < -0.3 is 10.5 Å². The van der Waals surface area contributed by atoms with Crippen LogP contribution in [0.25, 0.3) is 0 Å². The summed E-state index contributed by atoms with van der Waals surface area (Å²) in [5.41, 5.74) is 6.21. The molecule has 1 heterocycles. The Morgan fingerprint density at radius 3 is 2.76 bits per heavy atom. The lowest BCUT2D eigenvalue weighted by Crippen LogP contribution is -2.35. The molecule has 4 heteroatoms. The number of aromatic nitrogens is 2. The second-order valence-electron chi connectivity index (χ2n) is 4.96. The molecule has 0 spiro atoms. The van der Waals surface area contributed by atoms with E-state index in [2.05, 4.69) is 16.9 Å². The summed E-state index contributed by atoms with van der Waals surface area (Å²) < 4.78 is 5.75. The molecule has 0 amide bonds. The van der Waals surface area contributed by atoms with Gasteiger partial charge in [-0.3, -0.25) is 0 Å². The van der Waals surface area contributed by atoms with E-state index < -0.39 is 0 Å². The van der Waals surface area contributed by atoms with Crippen molar-refractivity contribution >= 4 is 0 Å². The summed E-state index contributed by atoms with van der Waals surface area (Å²) in [7, 11) is 1.76. The minimum Gasteiger partial charge on any atom is -0.370 e. The van der Waals surface area contributed by atoms with Crippen LogP contribution in [0.5, 0.6) is 0 Å². The lowest BCUT2D eigenvalue weighted by atomic mass is 9.79. The summed E-state index contributed by atoms with van der Waals surface area (Å²) in [5.74, 6) is 1.57. The van der Waals surface area contributed by atoms with Gasteiger partial charge in [0.15, 0.2) is 5.82 Å². The van der Waals surface area contributed by atoms with Crippen molar-refractivity contribution in [2.75, 3.05) is 7.11 Å². The molecule has 1 aliphatic rings. The van der Waals surface area contributed by atoms with Crippen LogP contribution in [0.3, 0.4) is 0 Å². The third kappa shape index (κ3) is 2.48. The molecule has 0 radical (unpaired) electrons. The van der Waals surface area contributed by atoms with Gasteiger partial charge in [0.05, 0.1) is 5.69 Å². The Bertz CT molecular complexity index is 373. The van der Waals surface area contributed by atoms with Gasteiger partial charge in [0, 0.05) is 19.9 Å². The molecule has 0 bridgehead atoms. The summed E-state index contributed by atoms with van der Waals surface area (Å²) in [6.07, 6.45) is 6.12. The molecule has 0 aliphatic heterocycles. The molecule has 94 valence electrons. The Morgan fingerprint density at radius 1 is 1.47 bits per heavy atom. The number of hydrogen-bond acceptors (Lipinski definition) is 4. The smallest absolute Gasteiger partial charge is 0.160 e. The number of methoxy groups -OCH3 is 1. The molecule has 0 saturated heterocycles. The summed E-state index contributed by atoms with van der Waals surface area (Å²) in [6.45, 7) is 2.74.